The van der Waals surface area contributed by atoms with Crippen molar-refractivity contribution in [3.8, 4) is 5.75 Å². The zero-order valence-corrected chi connectivity index (χ0v) is 18.9. The number of pyridine rings is 1. The van der Waals surface area contributed by atoms with E-state index in [0.717, 1.165) is 31.1 Å². The first-order valence-electron chi connectivity index (χ1n) is 10.6. The number of nitrogens with zero attached hydrogens (tertiary/aromatic N) is 3. The molecule has 4 heterocycles. The summed E-state index contributed by atoms with van der Waals surface area (Å²) in [5.41, 5.74) is -0.540. The molecule has 2 aliphatic heterocycles. The molecule has 13 heteroatoms. The van der Waals surface area contributed by atoms with Gasteiger partial charge >= 0.3 is 12.2 Å². The van der Waals surface area contributed by atoms with Crippen LogP contribution in [0.2, 0.25) is 0 Å². The van der Waals surface area contributed by atoms with Crippen LogP contribution in [-0.4, -0.2) is 53.1 Å². The van der Waals surface area contributed by atoms with E-state index >= 15 is 0 Å². The number of ether oxygens (including phenoxy) is 2. The highest BCUT2D eigenvalue weighted by Crippen LogP contribution is 2.51. The number of methoxy groups -OCH3 is 1. The van der Waals surface area contributed by atoms with Gasteiger partial charge in [-0.05, 0) is 19.1 Å². The number of amides is 2. The van der Waals surface area contributed by atoms with E-state index in [2.05, 4.69) is 20.3 Å². The third kappa shape index (κ3) is 4.13. The zero-order chi connectivity index (χ0) is 25.5. The van der Waals surface area contributed by atoms with Crippen molar-refractivity contribution in [2.45, 2.75) is 31.5 Å². The SMILES string of the molecule is COc1c(C2CO[C@@](C)(C(F)(F)F)C2C)ccc(F)c1F.O=C1NCN1c1nccc2[nH]cnc12. The average Bonchev–Trinajstić information content (AvgIpc) is 3.41. The van der Waals surface area contributed by atoms with Crippen LogP contribution in [0.15, 0.2) is 30.7 Å². The summed E-state index contributed by atoms with van der Waals surface area (Å²) < 4.78 is 76.0. The lowest BCUT2D eigenvalue weighted by atomic mass is 9.79. The quantitative estimate of drug-likeness (QED) is 0.519. The first-order chi connectivity index (χ1) is 16.5. The van der Waals surface area contributed by atoms with Gasteiger partial charge in [0.15, 0.2) is 23.0 Å². The van der Waals surface area contributed by atoms with Gasteiger partial charge in [0.05, 0.1) is 25.6 Å². The number of aromatic nitrogens is 3. The number of aromatic amines is 1. The predicted octanol–water partition coefficient (Wildman–Crippen LogP) is 4.49. The van der Waals surface area contributed by atoms with Gasteiger partial charge in [0, 0.05) is 23.6 Å². The Balaban J connectivity index is 0.000000177. The molecule has 2 aromatic heterocycles. The molecule has 1 aromatic carbocycles. The summed E-state index contributed by atoms with van der Waals surface area (Å²) in [5, 5.41) is 2.62. The number of carbonyl (C=O) groups excluding carboxylic acids is 1. The second-order valence-electron chi connectivity index (χ2n) is 8.30. The maximum Gasteiger partial charge on any atom is 0.417 e. The van der Waals surface area contributed by atoms with Crippen LogP contribution in [0.3, 0.4) is 0 Å². The molecule has 5 rings (SSSR count). The highest BCUT2D eigenvalue weighted by molar-refractivity contribution is 6.02. The number of hydrogen-bond acceptors (Lipinski definition) is 5. The highest BCUT2D eigenvalue weighted by atomic mass is 19.4. The minimum atomic E-state index is -4.55. The number of urea groups is 1. The van der Waals surface area contributed by atoms with Crippen LogP contribution in [0, 0.1) is 17.6 Å². The van der Waals surface area contributed by atoms with Crippen LogP contribution < -0.4 is 15.0 Å². The maximum atomic E-state index is 13.7. The maximum absolute atomic E-state index is 13.7. The van der Waals surface area contributed by atoms with Crippen LogP contribution in [0.25, 0.3) is 11.0 Å². The number of carbonyl (C=O) groups is 1. The van der Waals surface area contributed by atoms with Gasteiger partial charge in [0.1, 0.15) is 12.2 Å². The van der Waals surface area contributed by atoms with Crippen molar-refractivity contribution in [1.29, 1.82) is 0 Å². The highest BCUT2D eigenvalue weighted by Gasteiger charge is 2.61. The summed E-state index contributed by atoms with van der Waals surface area (Å²) in [4.78, 5) is 23.9. The van der Waals surface area contributed by atoms with Crippen molar-refractivity contribution in [3.05, 3.63) is 47.9 Å². The Kier molecular flexibility index (Phi) is 6.30. The van der Waals surface area contributed by atoms with Gasteiger partial charge in [-0.1, -0.05) is 13.0 Å². The van der Waals surface area contributed by atoms with E-state index in [0.29, 0.717) is 12.5 Å². The van der Waals surface area contributed by atoms with Crippen molar-refractivity contribution in [2.75, 3.05) is 25.3 Å². The Labute approximate surface area is 196 Å². The van der Waals surface area contributed by atoms with Crippen LogP contribution in [-0.2, 0) is 4.74 Å². The van der Waals surface area contributed by atoms with E-state index in [1.807, 2.05) is 6.07 Å². The lowest BCUT2D eigenvalue weighted by molar-refractivity contribution is -0.266. The summed E-state index contributed by atoms with van der Waals surface area (Å²) in [6.07, 6.45) is -1.30. The third-order valence-electron chi connectivity index (χ3n) is 6.49. The zero-order valence-electron chi connectivity index (χ0n) is 18.9. The molecule has 2 fully saturated rings. The van der Waals surface area contributed by atoms with E-state index in [-0.39, 0.29) is 24.0 Å². The number of nitrogens with one attached hydrogen (secondary N) is 2. The lowest BCUT2D eigenvalue weighted by Gasteiger charge is -2.32. The van der Waals surface area contributed by atoms with Crippen LogP contribution >= 0.6 is 0 Å². The molecule has 0 spiro atoms. The number of anilines is 1. The number of H-pyrrole nitrogens is 1. The van der Waals surface area contributed by atoms with Crippen LogP contribution in [0.5, 0.6) is 5.75 Å². The Hall–Kier alpha value is -3.48. The third-order valence-corrected chi connectivity index (χ3v) is 6.49. The van der Waals surface area contributed by atoms with Crippen LogP contribution in [0.4, 0.5) is 32.6 Å². The Morgan fingerprint density at radius 1 is 1.23 bits per heavy atom. The molecule has 35 heavy (non-hydrogen) atoms. The van der Waals surface area contributed by atoms with Gasteiger partial charge in [-0.15, -0.1) is 0 Å². The summed E-state index contributed by atoms with van der Waals surface area (Å²) in [6, 6.07) is 3.81. The molecule has 0 bridgehead atoms. The number of benzene rings is 1. The fourth-order valence-electron chi connectivity index (χ4n) is 4.11. The van der Waals surface area contributed by atoms with E-state index in [9.17, 15) is 26.7 Å². The molecule has 0 radical (unpaired) electrons. The standard InChI is InChI=1S/C14H15F5O2.C8H7N5O/c1-7-9(6-21-13(7,2)14(17,18)19)8-4-5-10(15)11(16)12(8)20-3;14-8-12-4-13(8)7-6-5(1-2-9-7)10-3-11-6/h4-5,7,9H,6H2,1-3H3;1-3H,4H2,(H,10,11)(H,12,14)/t7?,9?,13-;/m1./s1. The molecule has 188 valence electrons. The first-order valence-corrected chi connectivity index (χ1v) is 10.6. The molecule has 2 N–H and O–H groups in total. The molecule has 0 saturated carbocycles. The Morgan fingerprint density at radius 3 is 2.54 bits per heavy atom. The summed E-state index contributed by atoms with van der Waals surface area (Å²) in [5.74, 6) is -3.78. The normalized spacial score (nSPS) is 24.0. The second kappa shape index (κ2) is 8.95. The summed E-state index contributed by atoms with van der Waals surface area (Å²) >= 11 is 0. The Bertz CT molecular complexity index is 1250. The van der Waals surface area contributed by atoms with Crippen molar-refractivity contribution < 1.29 is 36.2 Å². The Morgan fingerprint density at radius 2 is 1.97 bits per heavy atom. The molecule has 2 aliphatic rings. The first kappa shape index (κ1) is 24.6. The van der Waals surface area contributed by atoms with E-state index < -0.39 is 35.2 Å². The van der Waals surface area contributed by atoms with Crippen molar-refractivity contribution >= 4 is 22.9 Å². The van der Waals surface area contributed by atoms with E-state index in [1.165, 1.54) is 13.0 Å². The number of halogens is 5. The lowest BCUT2D eigenvalue weighted by Crippen LogP contribution is -2.57. The van der Waals surface area contributed by atoms with Gasteiger partial charge in [-0.3, -0.25) is 4.90 Å². The number of rotatable bonds is 3. The monoisotopic (exact) mass is 499 g/mol. The largest absolute Gasteiger partial charge is 0.493 e. The number of hydrogen-bond donors (Lipinski definition) is 2. The number of fused-ring (bicyclic) bond motifs is 1. The molecule has 0 aliphatic carbocycles. The van der Waals surface area contributed by atoms with Crippen molar-refractivity contribution in [1.82, 2.24) is 20.3 Å². The van der Waals surface area contributed by atoms with Gasteiger partial charge in [-0.25, -0.2) is 19.2 Å². The van der Waals surface area contributed by atoms with E-state index in [4.69, 9.17) is 9.47 Å². The van der Waals surface area contributed by atoms with Crippen LogP contribution in [0.1, 0.15) is 25.3 Å². The summed E-state index contributed by atoms with van der Waals surface area (Å²) in [7, 11) is 1.14. The molecule has 2 amide bonds. The molecule has 3 atom stereocenters. The second-order valence-corrected chi connectivity index (χ2v) is 8.30. The number of imidazole rings is 1. The van der Waals surface area contributed by atoms with E-state index in [1.54, 1.807) is 17.4 Å². The summed E-state index contributed by atoms with van der Waals surface area (Å²) in [6.45, 7) is 2.60. The van der Waals surface area contributed by atoms with Gasteiger partial charge in [0.2, 0.25) is 5.82 Å². The fraction of sp³-hybridized carbons (Fsp3) is 0.409. The van der Waals surface area contributed by atoms with Crippen molar-refractivity contribution in [2.24, 2.45) is 5.92 Å². The molecule has 3 aromatic rings. The van der Waals surface area contributed by atoms with Gasteiger partial charge in [-0.2, -0.15) is 17.6 Å². The number of alkyl halides is 3. The van der Waals surface area contributed by atoms with Crippen molar-refractivity contribution in [3.63, 3.8) is 0 Å². The minimum absolute atomic E-state index is 0.131. The average molecular weight is 499 g/mol. The van der Waals surface area contributed by atoms with Gasteiger partial charge in [0.25, 0.3) is 0 Å². The fourth-order valence-corrected chi connectivity index (χ4v) is 4.11. The molecular weight excluding hydrogens is 477 g/mol. The topological polar surface area (TPSA) is 92.4 Å². The smallest absolute Gasteiger partial charge is 0.417 e. The molecule has 2 saturated heterocycles. The molecule has 2 unspecified atom stereocenters. The van der Waals surface area contributed by atoms with Gasteiger partial charge < -0.3 is 19.8 Å². The predicted molar refractivity (Wildman–Crippen MR) is 115 cm³/mol. The minimum Gasteiger partial charge on any atom is -0.493 e. The molecular formula is C22H22F5N5O3. The molecule has 8 nitrogen and oxygen atoms in total.